The van der Waals surface area contributed by atoms with Crippen LogP contribution in [0.4, 0.5) is 4.39 Å². The maximum Gasteiger partial charge on any atom is 0.325 e. The lowest BCUT2D eigenvalue weighted by atomic mass is 10.1. The van der Waals surface area contributed by atoms with Crippen LogP contribution < -0.4 is 5.43 Å². The van der Waals surface area contributed by atoms with Gasteiger partial charge in [0, 0.05) is 22.7 Å². The topological polar surface area (TPSA) is 96.5 Å². The lowest BCUT2D eigenvalue weighted by Crippen LogP contribution is -2.19. The van der Waals surface area contributed by atoms with Gasteiger partial charge in [0.1, 0.15) is 12.4 Å². The molecule has 0 aliphatic rings. The summed E-state index contributed by atoms with van der Waals surface area (Å²) in [6.45, 7) is 2.08. The number of aromatic nitrogens is 1. The number of benzene rings is 2. The van der Waals surface area contributed by atoms with E-state index in [1.54, 1.807) is 23.8 Å². The number of hydrogen-bond donors (Lipinski definition) is 1. The second kappa shape index (κ2) is 8.80. The summed E-state index contributed by atoms with van der Waals surface area (Å²) in [6.07, 6.45) is 3.14. The van der Waals surface area contributed by atoms with Crippen molar-refractivity contribution in [1.82, 2.24) is 9.99 Å². The first-order chi connectivity index (χ1) is 14.0. The van der Waals surface area contributed by atoms with E-state index < -0.39 is 11.7 Å². The zero-order valence-electron chi connectivity index (χ0n) is 15.6. The van der Waals surface area contributed by atoms with Gasteiger partial charge in [0.05, 0.1) is 30.0 Å². The second-order valence-electron chi connectivity index (χ2n) is 6.04. The molecule has 2 aromatic carbocycles. The quantitative estimate of drug-likeness (QED) is 0.396. The Hall–Kier alpha value is -3.99. The molecular formula is C21H17FN4O3. The second-order valence-corrected chi connectivity index (χ2v) is 6.04. The summed E-state index contributed by atoms with van der Waals surface area (Å²) in [5, 5.41) is 13.5. The fourth-order valence-electron chi connectivity index (χ4n) is 2.84. The van der Waals surface area contributed by atoms with Crippen LogP contribution in [0.15, 0.2) is 53.8 Å². The number of fused-ring (bicyclic) bond motifs is 1. The van der Waals surface area contributed by atoms with Crippen LogP contribution in [-0.2, 0) is 16.1 Å². The molecule has 1 aromatic heterocycles. The molecule has 0 fully saturated rings. The molecule has 0 saturated heterocycles. The first kappa shape index (κ1) is 19.8. The molecule has 146 valence electrons. The zero-order chi connectivity index (χ0) is 20.8. The molecule has 0 radical (unpaired) electrons. The van der Waals surface area contributed by atoms with Gasteiger partial charge in [0.15, 0.2) is 0 Å². The monoisotopic (exact) mass is 392 g/mol. The zero-order valence-corrected chi connectivity index (χ0v) is 15.6. The van der Waals surface area contributed by atoms with E-state index in [9.17, 15) is 14.0 Å². The molecule has 1 amide bonds. The van der Waals surface area contributed by atoms with E-state index in [2.05, 4.69) is 10.5 Å². The maximum atomic E-state index is 13.9. The molecule has 1 N–H and O–H groups in total. The highest BCUT2D eigenvalue weighted by Gasteiger charge is 2.13. The van der Waals surface area contributed by atoms with Crippen molar-refractivity contribution >= 4 is 29.0 Å². The summed E-state index contributed by atoms with van der Waals surface area (Å²) in [7, 11) is 0. The first-order valence-corrected chi connectivity index (χ1v) is 8.80. The molecule has 8 heteroatoms. The van der Waals surface area contributed by atoms with Crippen molar-refractivity contribution in [2.45, 2.75) is 13.5 Å². The summed E-state index contributed by atoms with van der Waals surface area (Å²) in [4.78, 5) is 23.9. The van der Waals surface area contributed by atoms with Crippen LogP contribution in [-0.4, -0.2) is 29.3 Å². The highest BCUT2D eigenvalue weighted by molar-refractivity contribution is 6.01. The average molecular weight is 392 g/mol. The molecule has 0 bridgehead atoms. The number of para-hydroxylation sites is 1. The first-order valence-electron chi connectivity index (χ1n) is 8.80. The fraction of sp³-hybridized carbons (Fsp3) is 0.143. The number of rotatable bonds is 6. The van der Waals surface area contributed by atoms with Crippen LogP contribution in [0.2, 0.25) is 0 Å². The number of halogens is 1. The van der Waals surface area contributed by atoms with E-state index in [0.717, 1.165) is 17.0 Å². The molecule has 29 heavy (non-hydrogen) atoms. The molecule has 0 unspecified atom stereocenters. The number of nitrogens with one attached hydrogen (secondary N) is 1. The number of nitriles is 1. The number of ether oxygens (including phenoxy) is 1. The van der Waals surface area contributed by atoms with E-state index in [1.807, 2.05) is 24.3 Å². The van der Waals surface area contributed by atoms with Gasteiger partial charge < -0.3 is 9.30 Å². The fourth-order valence-corrected chi connectivity index (χ4v) is 2.84. The third-order valence-corrected chi connectivity index (χ3v) is 4.14. The number of nitrogens with zero attached hydrogens (tertiary/aromatic N) is 3. The molecule has 0 spiro atoms. The van der Waals surface area contributed by atoms with Crippen molar-refractivity contribution in [3.8, 4) is 6.07 Å². The number of carbonyl (C=O) groups excluding carboxylic acids is 2. The minimum absolute atomic E-state index is 0.0466. The summed E-state index contributed by atoms with van der Waals surface area (Å²) in [6, 6.07) is 12.8. The minimum atomic E-state index is -0.803. The Morgan fingerprint density at radius 3 is 2.83 bits per heavy atom. The van der Waals surface area contributed by atoms with Crippen molar-refractivity contribution in [3.05, 3.63) is 71.2 Å². The average Bonchev–Trinajstić information content (AvgIpc) is 3.05. The van der Waals surface area contributed by atoms with Crippen LogP contribution in [0.5, 0.6) is 0 Å². The number of esters is 1. The summed E-state index contributed by atoms with van der Waals surface area (Å²) in [5.41, 5.74) is 3.66. The Labute approximate surface area is 166 Å². The van der Waals surface area contributed by atoms with Gasteiger partial charge in [-0.1, -0.05) is 18.2 Å². The molecule has 0 aliphatic carbocycles. The predicted molar refractivity (Wildman–Crippen MR) is 105 cm³/mol. The molecule has 1 heterocycles. The number of carbonyl (C=O) groups is 2. The molecule has 7 nitrogen and oxygen atoms in total. The van der Waals surface area contributed by atoms with Crippen molar-refractivity contribution in [2.24, 2.45) is 5.10 Å². The number of amides is 1. The largest absolute Gasteiger partial charge is 0.465 e. The number of hydrazone groups is 1. The van der Waals surface area contributed by atoms with Gasteiger partial charge in [0.25, 0.3) is 5.91 Å². The lowest BCUT2D eigenvalue weighted by molar-refractivity contribution is -0.143. The molecule has 3 aromatic rings. The lowest BCUT2D eigenvalue weighted by Gasteiger charge is -2.04. The third-order valence-electron chi connectivity index (χ3n) is 4.14. The van der Waals surface area contributed by atoms with Gasteiger partial charge in [-0.05, 0) is 31.2 Å². The van der Waals surface area contributed by atoms with Gasteiger partial charge >= 0.3 is 5.97 Å². The van der Waals surface area contributed by atoms with E-state index in [-0.39, 0.29) is 23.6 Å². The third kappa shape index (κ3) is 4.47. The summed E-state index contributed by atoms with van der Waals surface area (Å²) in [5.74, 6) is -1.90. The van der Waals surface area contributed by atoms with Gasteiger partial charge in [0.2, 0.25) is 0 Å². The molecular weight excluding hydrogens is 375 g/mol. The van der Waals surface area contributed by atoms with Gasteiger partial charge in [-0.3, -0.25) is 9.59 Å². The minimum Gasteiger partial charge on any atom is -0.465 e. The van der Waals surface area contributed by atoms with Crippen LogP contribution in [0.25, 0.3) is 10.9 Å². The Morgan fingerprint density at radius 1 is 1.31 bits per heavy atom. The summed E-state index contributed by atoms with van der Waals surface area (Å²) < 4.78 is 20.6. The van der Waals surface area contributed by atoms with E-state index >= 15 is 0 Å². The standard InChI is InChI=1S/C21H17FN4O3/c1-2-29-20(27)13-26-12-15(16-5-3-4-6-19(16)26)11-24-25-21(28)17-8-7-14(10-23)9-18(17)22/h3-9,11-12H,2,13H2,1H3,(H,25,28)/b24-11-. The van der Waals surface area contributed by atoms with Crippen LogP contribution in [0.1, 0.15) is 28.4 Å². The molecule has 0 saturated carbocycles. The normalized spacial score (nSPS) is 10.8. The van der Waals surface area contributed by atoms with E-state index in [0.29, 0.717) is 12.2 Å². The summed E-state index contributed by atoms with van der Waals surface area (Å²) >= 11 is 0. The number of hydrogen-bond acceptors (Lipinski definition) is 5. The van der Waals surface area contributed by atoms with Gasteiger partial charge in [-0.2, -0.15) is 10.4 Å². The van der Waals surface area contributed by atoms with Crippen LogP contribution in [0, 0.1) is 17.1 Å². The maximum absolute atomic E-state index is 13.9. The van der Waals surface area contributed by atoms with Crippen molar-refractivity contribution < 1.29 is 18.7 Å². The van der Waals surface area contributed by atoms with Gasteiger partial charge in [-0.15, -0.1) is 0 Å². The van der Waals surface area contributed by atoms with E-state index in [1.165, 1.54) is 18.3 Å². The Morgan fingerprint density at radius 2 is 2.10 bits per heavy atom. The molecule has 0 atom stereocenters. The van der Waals surface area contributed by atoms with Crippen LogP contribution in [0.3, 0.4) is 0 Å². The smallest absolute Gasteiger partial charge is 0.325 e. The van der Waals surface area contributed by atoms with E-state index in [4.69, 9.17) is 10.00 Å². The van der Waals surface area contributed by atoms with Crippen molar-refractivity contribution in [1.29, 1.82) is 5.26 Å². The Balaban J connectivity index is 1.79. The molecule has 3 rings (SSSR count). The van der Waals surface area contributed by atoms with Crippen molar-refractivity contribution in [3.63, 3.8) is 0 Å². The highest BCUT2D eigenvalue weighted by Crippen LogP contribution is 2.20. The van der Waals surface area contributed by atoms with Crippen molar-refractivity contribution in [2.75, 3.05) is 6.61 Å². The van der Waals surface area contributed by atoms with Crippen LogP contribution >= 0.6 is 0 Å². The highest BCUT2D eigenvalue weighted by atomic mass is 19.1. The SMILES string of the molecule is CCOC(=O)Cn1cc(/C=N\NC(=O)c2ccc(C#N)cc2F)c2ccccc21. The molecule has 0 aliphatic heterocycles. The Bertz CT molecular complexity index is 1140. The predicted octanol–water partition coefficient (Wildman–Crippen LogP) is 2.98. The van der Waals surface area contributed by atoms with Gasteiger partial charge in [-0.25, -0.2) is 9.82 Å². The Kier molecular flexibility index (Phi) is 6.00.